The molecule has 0 aliphatic rings. The zero-order valence-electron chi connectivity index (χ0n) is 11.6. The van der Waals surface area contributed by atoms with Crippen molar-refractivity contribution in [1.82, 2.24) is 0 Å². The lowest BCUT2D eigenvalue weighted by molar-refractivity contribution is -0.114. The Kier molecular flexibility index (Phi) is 5.34. The number of hydrogen-bond donors (Lipinski definition) is 1. The highest BCUT2D eigenvalue weighted by atomic mass is 79.9. The van der Waals surface area contributed by atoms with E-state index in [0.717, 1.165) is 10.0 Å². The minimum Gasteiger partial charge on any atom is -0.488 e. The summed E-state index contributed by atoms with van der Waals surface area (Å²) in [4.78, 5) is 11.2. The monoisotopic (exact) mass is 356 g/mol. The molecule has 0 fully saturated rings. The van der Waals surface area contributed by atoms with Crippen molar-refractivity contribution in [2.45, 2.75) is 6.61 Å². The van der Waals surface area contributed by atoms with Crippen molar-refractivity contribution in [3.05, 3.63) is 69.7 Å². The number of rotatable bonds is 5. The van der Waals surface area contributed by atoms with Crippen LogP contribution in [-0.4, -0.2) is 5.91 Å². The number of nitrogens with two attached hydrogens (primary N) is 1. The van der Waals surface area contributed by atoms with Gasteiger partial charge in [-0.1, -0.05) is 46.3 Å². The molecule has 4 nitrogen and oxygen atoms in total. The van der Waals surface area contributed by atoms with Gasteiger partial charge < -0.3 is 10.5 Å². The molecular formula is C17H13BrN2O2. The van der Waals surface area contributed by atoms with Crippen LogP contribution in [0.3, 0.4) is 0 Å². The maximum Gasteiger partial charge on any atom is 0.259 e. The molecule has 5 heteroatoms. The van der Waals surface area contributed by atoms with Crippen LogP contribution in [0, 0.1) is 11.3 Å². The molecule has 0 bridgehead atoms. The standard InChI is InChI=1S/C17H13BrN2O2/c18-15-6-7-16(22-11-12-4-2-1-3-5-12)13(9-15)8-14(10-19)17(20)21/h1-9H,11H2,(H2,20,21)/b14-8-. The third-order valence-electron chi connectivity index (χ3n) is 2.89. The van der Waals surface area contributed by atoms with Crippen molar-refractivity contribution < 1.29 is 9.53 Å². The molecule has 2 N–H and O–H groups in total. The Labute approximate surface area is 136 Å². The molecule has 0 atom stereocenters. The van der Waals surface area contributed by atoms with Gasteiger partial charge in [0, 0.05) is 10.0 Å². The summed E-state index contributed by atoms with van der Waals surface area (Å²) in [6, 6.07) is 16.9. The zero-order chi connectivity index (χ0) is 15.9. The van der Waals surface area contributed by atoms with E-state index >= 15 is 0 Å². The summed E-state index contributed by atoms with van der Waals surface area (Å²) < 4.78 is 6.59. The van der Waals surface area contributed by atoms with Gasteiger partial charge in [0.25, 0.3) is 5.91 Å². The van der Waals surface area contributed by atoms with Crippen molar-refractivity contribution in [2.24, 2.45) is 5.73 Å². The fourth-order valence-electron chi connectivity index (χ4n) is 1.81. The van der Waals surface area contributed by atoms with E-state index in [1.807, 2.05) is 36.4 Å². The van der Waals surface area contributed by atoms with Crippen LogP contribution in [0.15, 0.2) is 58.6 Å². The van der Waals surface area contributed by atoms with E-state index in [0.29, 0.717) is 17.9 Å². The summed E-state index contributed by atoms with van der Waals surface area (Å²) in [5, 5.41) is 8.95. The van der Waals surface area contributed by atoms with Crippen LogP contribution in [0.2, 0.25) is 0 Å². The second kappa shape index (κ2) is 7.43. The van der Waals surface area contributed by atoms with Crippen LogP contribution >= 0.6 is 15.9 Å². The lowest BCUT2D eigenvalue weighted by Gasteiger charge is -2.10. The van der Waals surface area contributed by atoms with Crippen LogP contribution in [0.5, 0.6) is 5.75 Å². The molecule has 2 aromatic rings. The van der Waals surface area contributed by atoms with E-state index in [4.69, 9.17) is 15.7 Å². The molecule has 0 aliphatic carbocycles. The van der Waals surface area contributed by atoms with Crippen molar-refractivity contribution in [2.75, 3.05) is 0 Å². The van der Waals surface area contributed by atoms with Gasteiger partial charge in [-0.15, -0.1) is 0 Å². The normalized spacial score (nSPS) is 10.8. The number of ether oxygens (including phenoxy) is 1. The highest BCUT2D eigenvalue weighted by Crippen LogP contribution is 2.26. The third kappa shape index (κ3) is 4.21. The number of carbonyl (C=O) groups is 1. The van der Waals surface area contributed by atoms with Crippen molar-refractivity contribution in [1.29, 1.82) is 5.26 Å². The Balaban J connectivity index is 2.28. The van der Waals surface area contributed by atoms with Gasteiger partial charge in [0.15, 0.2) is 0 Å². The second-order valence-corrected chi connectivity index (χ2v) is 5.41. The molecule has 0 heterocycles. The van der Waals surface area contributed by atoms with Crippen LogP contribution < -0.4 is 10.5 Å². The summed E-state index contributed by atoms with van der Waals surface area (Å²) >= 11 is 3.36. The van der Waals surface area contributed by atoms with Crippen LogP contribution in [0.25, 0.3) is 6.08 Å². The summed E-state index contributed by atoms with van der Waals surface area (Å²) in [7, 11) is 0. The molecule has 110 valence electrons. The first-order valence-electron chi connectivity index (χ1n) is 6.48. The number of nitrogens with zero attached hydrogens (tertiary/aromatic N) is 1. The molecule has 0 unspecified atom stereocenters. The second-order valence-electron chi connectivity index (χ2n) is 4.49. The number of carbonyl (C=O) groups excluding carboxylic acids is 1. The summed E-state index contributed by atoms with van der Waals surface area (Å²) in [5.41, 5.74) is 6.68. The number of halogens is 1. The molecule has 0 aliphatic heterocycles. The number of benzene rings is 2. The average molecular weight is 357 g/mol. The highest BCUT2D eigenvalue weighted by molar-refractivity contribution is 9.10. The molecule has 22 heavy (non-hydrogen) atoms. The third-order valence-corrected chi connectivity index (χ3v) is 3.39. The number of primary amides is 1. The molecule has 0 radical (unpaired) electrons. The molecule has 0 spiro atoms. The lowest BCUT2D eigenvalue weighted by atomic mass is 10.1. The SMILES string of the molecule is N#C/C(=C/c1cc(Br)ccc1OCc1ccccc1)C(N)=O. The number of nitriles is 1. The highest BCUT2D eigenvalue weighted by Gasteiger charge is 2.08. The van der Waals surface area contributed by atoms with Gasteiger partial charge >= 0.3 is 0 Å². The van der Waals surface area contributed by atoms with Gasteiger partial charge in [-0.05, 0) is 29.8 Å². The maximum atomic E-state index is 11.2. The van der Waals surface area contributed by atoms with E-state index in [1.54, 1.807) is 18.2 Å². The Morgan fingerprint density at radius 2 is 2.00 bits per heavy atom. The van der Waals surface area contributed by atoms with E-state index < -0.39 is 5.91 Å². The van der Waals surface area contributed by atoms with Gasteiger partial charge in [-0.3, -0.25) is 4.79 Å². The van der Waals surface area contributed by atoms with Crippen LogP contribution in [0.1, 0.15) is 11.1 Å². The smallest absolute Gasteiger partial charge is 0.259 e. The van der Waals surface area contributed by atoms with Crippen molar-refractivity contribution in [3.8, 4) is 11.8 Å². The molecule has 2 aromatic carbocycles. The van der Waals surface area contributed by atoms with Gasteiger partial charge in [-0.2, -0.15) is 5.26 Å². The first kappa shape index (κ1) is 15.8. The van der Waals surface area contributed by atoms with Crippen LogP contribution in [0.4, 0.5) is 0 Å². The topological polar surface area (TPSA) is 76.1 Å². The largest absolute Gasteiger partial charge is 0.488 e. The Hall–Kier alpha value is -2.58. The van der Waals surface area contributed by atoms with Crippen molar-refractivity contribution >= 4 is 27.9 Å². The number of hydrogen-bond acceptors (Lipinski definition) is 3. The van der Waals surface area contributed by atoms with Crippen LogP contribution in [-0.2, 0) is 11.4 Å². The fraction of sp³-hybridized carbons (Fsp3) is 0.0588. The van der Waals surface area contributed by atoms with Gasteiger partial charge in [0.05, 0.1) is 0 Å². The van der Waals surface area contributed by atoms with Crippen molar-refractivity contribution in [3.63, 3.8) is 0 Å². The van der Waals surface area contributed by atoms with Gasteiger partial charge in [0.1, 0.15) is 24.0 Å². The Morgan fingerprint density at radius 1 is 1.27 bits per heavy atom. The minimum atomic E-state index is -0.767. The molecular weight excluding hydrogens is 344 g/mol. The van der Waals surface area contributed by atoms with E-state index in [1.165, 1.54) is 6.08 Å². The van der Waals surface area contributed by atoms with Gasteiger partial charge in [0.2, 0.25) is 0 Å². The summed E-state index contributed by atoms with van der Waals surface area (Å²) in [5.74, 6) is -0.197. The van der Waals surface area contributed by atoms with E-state index in [2.05, 4.69) is 15.9 Å². The molecule has 1 amide bonds. The van der Waals surface area contributed by atoms with Gasteiger partial charge in [-0.25, -0.2) is 0 Å². The number of amides is 1. The molecule has 0 aromatic heterocycles. The molecule has 2 rings (SSSR count). The molecule has 0 saturated carbocycles. The summed E-state index contributed by atoms with van der Waals surface area (Å²) in [6.45, 7) is 0.391. The van der Waals surface area contributed by atoms with E-state index in [9.17, 15) is 4.79 Å². The first-order chi connectivity index (χ1) is 10.6. The molecule has 0 saturated heterocycles. The Bertz CT molecular complexity index is 749. The maximum absolute atomic E-state index is 11.2. The first-order valence-corrected chi connectivity index (χ1v) is 7.27. The quantitative estimate of drug-likeness (QED) is 0.658. The lowest BCUT2D eigenvalue weighted by Crippen LogP contribution is -2.12. The zero-order valence-corrected chi connectivity index (χ0v) is 13.2. The average Bonchev–Trinajstić information content (AvgIpc) is 2.52. The minimum absolute atomic E-state index is 0.123. The Morgan fingerprint density at radius 3 is 2.64 bits per heavy atom. The van der Waals surface area contributed by atoms with E-state index in [-0.39, 0.29) is 5.57 Å². The predicted octanol–water partition coefficient (Wildman–Crippen LogP) is 3.42. The fourth-order valence-corrected chi connectivity index (χ4v) is 2.19. The summed E-state index contributed by atoms with van der Waals surface area (Å²) in [6.07, 6.45) is 1.42. The predicted molar refractivity (Wildman–Crippen MR) is 87.7 cm³/mol.